The number of nitrogens with one attached hydrogen (secondary N) is 2. The molecule has 0 aliphatic heterocycles. The molecule has 3 rings (SSSR count). The molecular formula is C32H45N3O4. The van der Waals surface area contributed by atoms with E-state index in [0.29, 0.717) is 0 Å². The molecule has 0 aromatic heterocycles. The Morgan fingerprint density at radius 2 is 1.51 bits per heavy atom. The molecule has 7 heteroatoms. The summed E-state index contributed by atoms with van der Waals surface area (Å²) in [4.78, 5) is 43.2. The third kappa shape index (κ3) is 8.32. The van der Waals surface area contributed by atoms with Gasteiger partial charge < -0.3 is 20.3 Å². The number of hydrogen-bond acceptors (Lipinski definition) is 4. The van der Waals surface area contributed by atoms with E-state index in [1.165, 1.54) is 0 Å². The zero-order valence-electron chi connectivity index (χ0n) is 24.9. The number of nitrogens with zero attached hydrogens (tertiary/aromatic N) is 1. The van der Waals surface area contributed by atoms with Gasteiger partial charge in [0.2, 0.25) is 11.8 Å². The molecule has 3 amide bonds. The molecule has 0 saturated heterocycles. The highest BCUT2D eigenvalue weighted by molar-refractivity contribution is 5.93. The summed E-state index contributed by atoms with van der Waals surface area (Å²) in [5, 5.41) is 5.96. The maximum atomic E-state index is 14.6. The standard InChI is InChI=1S/C32H45N3O4/c1-20-14-13-15-21(2)26(20)27(28(36)34-31(4,5)6)35(25-18-22(25)3)29(37)24(19-23-16-11-10-12-17-23)33-30(38)39-32(7,8)9/h10-17,22,24-25,27H,18-19H2,1-9H3,(H,33,38)(H,34,36). The van der Waals surface area contributed by atoms with Crippen LogP contribution in [0.15, 0.2) is 48.5 Å². The molecule has 212 valence electrons. The number of carbonyl (C=O) groups excluding carboxylic acids is 3. The number of benzene rings is 2. The number of alkyl carbamates (subject to hydrolysis) is 1. The Morgan fingerprint density at radius 3 is 2.00 bits per heavy atom. The predicted molar refractivity (Wildman–Crippen MR) is 154 cm³/mol. The molecule has 39 heavy (non-hydrogen) atoms. The van der Waals surface area contributed by atoms with Crippen LogP contribution in [0.3, 0.4) is 0 Å². The van der Waals surface area contributed by atoms with Gasteiger partial charge in [-0.15, -0.1) is 0 Å². The molecule has 1 aliphatic carbocycles. The molecule has 1 saturated carbocycles. The summed E-state index contributed by atoms with van der Waals surface area (Å²) in [6.07, 6.45) is 0.403. The van der Waals surface area contributed by atoms with E-state index in [4.69, 9.17) is 4.74 Å². The van der Waals surface area contributed by atoms with Crippen molar-refractivity contribution in [1.82, 2.24) is 15.5 Å². The van der Waals surface area contributed by atoms with Gasteiger partial charge in [-0.05, 0) is 90.0 Å². The van der Waals surface area contributed by atoms with E-state index in [9.17, 15) is 14.4 Å². The number of amides is 3. The SMILES string of the molecule is Cc1cccc(C)c1C(C(=O)NC(C)(C)C)N(C(=O)C(Cc1ccccc1)NC(=O)OC(C)(C)C)C1CC1C. The van der Waals surface area contributed by atoms with Crippen molar-refractivity contribution in [3.05, 3.63) is 70.8 Å². The number of rotatable bonds is 8. The lowest BCUT2D eigenvalue weighted by Crippen LogP contribution is -2.56. The van der Waals surface area contributed by atoms with Crippen LogP contribution in [0.1, 0.15) is 83.2 Å². The van der Waals surface area contributed by atoms with E-state index in [-0.39, 0.29) is 30.2 Å². The van der Waals surface area contributed by atoms with Crippen LogP contribution in [0.4, 0.5) is 4.79 Å². The molecule has 7 nitrogen and oxygen atoms in total. The average Bonchev–Trinajstić information content (AvgIpc) is 3.51. The fourth-order valence-corrected chi connectivity index (χ4v) is 4.94. The second kappa shape index (κ2) is 11.8. The van der Waals surface area contributed by atoms with Crippen molar-refractivity contribution in [1.29, 1.82) is 0 Å². The minimum Gasteiger partial charge on any atom is -0.444 e. The molecule has 0 bridgehead atoms. The largest absolute Gasteiger partial charge is 0.444 e. The first kappa shape index (κ1) is 30.2. The van der Waals surface area contributed by atoms with Crippen LogP contribution in [0.2, 0.25) is 0 Å². The summed E-state index contributed by atoms with van der Waals surface area (Å²) in [7, 11) is 0. The number of hydrogen-bond donors (Lipinski definition) is 2. The summed E-state index contributed by atoms with van der Waals surface area (Å²) in [6.45, 7) is 17.2. The molecule has 0 heterocycles. The van der Waals surface area contributed by atoms with Crippen LogP contribution in [0.25, 0.3) is 0 Å². The summed E-state index contributed by atoms with van der Waals surface area (Å²) in [5.74, 6) is -0.291. The van der Waals surface area contributed by atoms with E-state index in [2.05, 4.69) is 17.6 Å². The average molecular weight is 536 g/mol. The summed E-state index contributed by atoms with van der Waals surface area (Å²) in [5.41, 5.74) is 2.39. The van der Waals surface area contributed by atoms with E-state index in [1.807, 2.05) is 83.1 Å². The first-order chi connectivity index (χ1) is 18.1. The lowest BCUT2D eigenvalue weighted by molar-refractivity contribution is -0.144. The Morgan fingerprint density at radius 1 is 0.949 bits per heavy atom. The van der Waals surface area contributed by atoms with Crippen LogP contribution >= 0.6 is 0 Å². The van der Waals surface area contributed by atoms with E-state index < -0.39 is 29.3 Å². The maximum Gasteiger partial charge on any atom is 0.408 e. The van der Waals surface area contributed by atoms with Gasteiger partial charge in [0, 0.05) is 18.0 Å². The normalized spacial score (nSPS) is 18.5. The summed E-state index contributed by atoms with van der Waals surface area (Å²) < 4.78 is 5.53. The van der Waals surface area contributed by atoms with Gasteiger partial charge in [-0.1, -0.05) is 55.5 Å². The van der Waals surface area contributed by atoms with Crippen molar-refractivity contribution in [2.24, 2.45) is 5.92 Å². The van der Waals surface area contributed by atoms with Gasteiger partial charge in [-0.2, -0.15) is 0 Å². The third-order valence-corrected chi connectivity index (χ3v) is 6.79. The van der Waals surface area contributed by atoms with Crippen LogP contribution in [0.5, 0.6) is 0 Å². The highest BCUT2D eigenvalue weighted by Gasteiger charge is 2.49. The lowest BCUT2D eigenvalue weighted by atomic mass is 9.92. The molecular weight excluding hydrogens is 490 g/mol. The summed E-state index contributed by atoms with van der Waals surface area (Å²) >= 11 is 0. The Bertz CT molecular complexity index is 1160. The van der Waals surface area contributed by atoms with Crippen molar-refractivity contribution >= 4 is 17.9 Å². The highest BCUT2D eigenvalue weighted by Crippen LogP contribution is 2.42. The smallest absolute Gasteiger partial charge is 0.408 e. The summed E-state index contributed by atoms with van der Waals surface area (Å²) in [6, 6.07) is 13.6. The second-order valence-corrected chi connectivity index (χ2v) is 12.9. The van der Waals surface area contributed by atoms with Gasteiger partial charge in [-0.3, -0.25) is 9.59 Å². The number of aryl methyl sites for hydroxylation is 2. The minimum atomic E-state index is -0.913. The van der Waals surface area contributed by atoms with Crippen molar-refractivity contribution in [3.63, 3.8) is 0 Å². The van der Waals surface area contributed by atoms with Crippen LogP contribution in [0, 0.1) is 19.8 Å². The zero-order valence-corrected chi connectivity index (χ0v) is 24.9. The monoisotopic (exact) mass is 535 g/mol. The van der Waals surface area contributed by atoms with Crippen LogP contribution < -0.4 is 10.6 Å². The van der Waals surface area contributed by atoms with Gasteiger partial charge in [0.1, 0.15) is 17.7 Å². The minimum absolute atomic E-state index is 0.120. The topological polar surface area (TPSA) is 87.7 Å². The van der Waals surface area contributed by atoms with Gasteiger partial charge >= 0.3 is 6.09 Å². The molecule has 4 atom stereocenters. The Kier molecular flexibility index (Phi) is 9.14. The Labute approximate surface area is 233 Å². The fraction of sp³-hybridized carbons (Fsp3) is 0.531. The van der Waals surface area contributed by atoms with Gasteiger partial charge in [0.25, 0.3) is 0 Å². The first-order valence-electron chi connectivity index (χ1n) is 13.8. The molecule has 4 unspecified atom stereocenters. The molecule has 1 fully saturated rings. The van der Waals surface area contributed by atoms with Crippen molar-refractivity contribution in [3.8, 4) is 0 Å². The molecule has 2 N–H and O–H groups in total. The fourth-order valence-electron chi connectivity index (χ4n) is 4.94. The molecule has 1 aliphatic rings. The maximum absolute atomic E-state index is 14.6. The molecule has 0 radical (unpaired) electrons. The Balaban J connectivity index is 2.10. The van der Waals surface area contributed by atoms with E-state index in [0.717, 1.165) is 28.7 Å². The highest BCUT2D eigenvalue weighted by atomic mass is 16.6. The second-order valence-electron chi connectivity index (χ2n) is 12.9. The predicted octanol–water partition coefficient (Wildman–Crippen LogP) is 5.63. The lowest BCUT2D eigenvalue weighted by Gasteiger charge is -2.37. The van der Waals surface area contributed by atoms with Crippen LogP contribution in [-0.4, -0.2) is 46.0 Å². The van der Waals surface area contributed by atoms with Crippen LogP contribution in [-0.2, 0) is 20.7 Å². The molecule has 0 spiro atoms. The number of carbonyl (C=O) groups is 3. The van der Waals surface area contributed by atoms with E-state index >= 15 is 0 Å². The van der Waals surface area contributed by atoms with Crippen molar-refractivity contribution < 1.29 is 19.1 Å². The zero-order chi connectivity index (χ0) is 29.1. The van der Waals surface area contributed by atoms with E-state index in [1.54, 1.807) is 25.7 Å². The molecule has 2 aromatic carbocycles. The molecule has 2 aromatic rings. The van der Waals surface area contributed by atoms with Gasteiger partial charge in [0.15, 0.2) is 0 Å². The van der Waals surface area contributed by atoms with Crippen molar-refractivity contribution in [2.45, 2.75) is 104 Å². The van der Waals surface area contributed by atoms with Gasteiger partial charge in [0.05, 0.1) is 0 Å². The Hall–Kier alpha value is -3.35. The van der Waals surface area contributed by atoms with Gasteiger partial charge in [-0.25, -0.2) is 4.79 Å². The first-order valence-corrected chi connectivity index (χ1v) is 13.8. The number of ether oxygens (including phenoxy) is 1. The quantitative estimate of drug-likeness (QED) is 0.458. The third-order valence-electron chi connectivity index (χ3n) is 6.79. The van der Waals surface area contributed by atoms with Crippen molar-refractivity contribution in [2.75, 3.05) is 0 Å².